The van der Waals surface area contributed by atoms with Crippen molar-refractivity contribution in [1.82, 2.24) is 10.2 Å². The summed E-state index contributed by atoms with van der Waals surface area (Å²) in [6.45, 7) is 0.975. The Morgan fingerprint density at radius 1 is 1.50 bits per heavy atom. The van der Waals surface area contributed by atoms with Gasteiger partial charge in [-0.3, -0.25) is 4.79 Å². The van der Waals surface area contributed by atoms with Crippen LogP contribution in [0.15, 0.2) is 24.3 Å². The Labute approximate surface area is 94.3 Å². The minimum absolute atomic E-state index is 0.0878. The SMILES string of the molecule is CN1CC(Cc2ccccc2F)NCC1=O. The van der Waals surface area contributed by atoms with Crippen LogP contribution in [0.5, 0.6) is 0 Å². The zero-order valence-corrected chi connectivity index (χ0v) is 9.24. The summed E-state index contributed by atoms with van der Waals surface area (Å²) in [5.41, 5.74) is 0.697. The van der Waals surface area contributed by atoms with E-state index in [1.165, 1.54) is 6.07 Å². The van der Waals surface area contributed by atoms with Crippen molar-refractivity contribution in [2.75, 3.05) is 20.1 Å². The van der Waals surface area contributed by atoms with Crippen LogP contribution in [0.4, 0.5) is 4.39 Å². The molecule has 1 amide bonds. The van der Waals surface area contributed by atoms with Crippen molar-refractivity contribution in [3.63, 3.8) is 0 Å². The maximum atomic E-state index is 13.4. The second kappa shape index (κ2) is 4.61. The van der Waals surface area contributed by atoms with Gasteiger partial charge in [0.15, 0.2) is 0 Å². The average Bonchev–Trinajstić information content (AvgIpc) is 2.27. The van der Waals surface area contributed by atoms with Gasteiger partial charge in [-0.15, -0.1) is 0 Å². The predicted octanol–water partition coefficient (Wildman–Crippen LogP) is 0.798. The average molecular weight is 222 g/mol. The van der Waals surface area contributed by atoms with Gasteiger partial charge < -0.3 is 10.2 Å². The van der Waals surface area contributed by atoms with Gasteiger partial charge in [-0.2, -0.15) is 0 Å². The molecule has 3 nitrogen and oxygen atoms in total. The first-order chi connectivity index (χ1) is 7.66. The van der Waals surface area contributed by atoms with Gasteiger partial charge in [0.1, 0.15) is 5.82 Å². The molecule has 16 heavy (non-hydrogen) atoms. The van der Waals surface area contributed by atoms with Crippen LogP contribution >= 0.6 is 0 Å². The second-order valence-electron chi connectivity index (χ2n) is 4.15. The van der Waals surface area contributed by atoms with E-state index in [2.05, 4.69) is 5.32 Å². The van der Waals surface area contributed by atoms with Crippen molar-refractivity contribution in [2.45, 2.75) is 12.5 Å². The lowest BCUT2D eigenvalue weighted by Gasteiger charge is -2.30. The summed E-state index contributed by atoms with van der Waals surface area (Å²) in [5, 5.41) is 3.12. The quantitative estimate of drug-likeness (QED) is 0.802. The summed E-state index contributed by atoms with van der Waals surface area (Å²) in [5.74, 6) is -0.0892. The molecule has 86 valence electrons. The fourth-order valence-electron chi connectivity index (χ4n) is 1.93. The third kappa shape index (κ3) is 2.39. The van der Waals surface area contributed by atoms with Crippen LogP contribution in [-0.4, -0.2) is 37.0 Å². The first-order valence-corrected chi connectivity index (χ1v) is 5.37. The summed E-state index contributed by atoms with van der Waals surface area (Å²) in [4.78, 5) is 12.9. The smallest absolute Gasteiger partial charge is 0.236 e. The van der Waals surface area contributed by atoms with Gasteiger partial charge in [0.05, 0.1) is 6.54 Å². The zero-order valence-electron chi connectivity index (χ0n) is 9.24. The van der Waals surface area contributed by atoms with Gasteiger partial charge in [0, 0.05) is 19.6 Å². The molecule has 2 rings (SSSR count). The second-order valence-corrected chi connectivity index (χ2v) is 4.15. The largest absolute Gasteiger partial charge is 0.343 e. The third-order valence-corrected chi connectivity index (χ3v) is 2.89. The summed E-state index contributed by atoms with van der Waals surface area (Å²) in [6, 6.07) is 6.90. The Balaban J connectivity index is 2.01. The molecule has 1 aromatic carbocycles. The van der Waals surface area contributed by atoms with E-state index in [0.717, 1.165) is 0 Å². The molecule has 1 unspecified atom stereocenters. The number of nitrogens with zero attached hydrogens (tertiary/aromatic N) is 1. The van der Waals surface area contributed by atoms with Crippen molar-refractivity contribution in [3.05, 3.63) is 35.6 Å². The maximum absolute atomic E-state index is 13.4. The van der Waals surface area contributed by atoms with Gasteiger partial charge in [-0.05, 0) is 18.1 Å². The van der Waals surface area contributed by atoms with Crippen molar-refractivity contribution in [1.29, 1.82) is 0 Å². The lowest BCUT2D eigenvalue weighted by molar-refractivity contribution is -0.131. The lowest BCUT2D eigenvalue weighted by atomic mass is 10.0. The van der Waals surface area contributed by atoms with E-state index >= 15 is 0 Å². The Kier molecular flexibility index (Phi) is 3.19. The van der Waals surface area contributed by atoms with E-state index < -0.39 is 0 Å². The van der Waals surface area contributed by atoms with Crippen molar-refractivity contribution in [3.8, 4) is 0 Å². The minimum Gasteiger partial charge on any atom is -0.343 e. The molecule has 1 N–H and O–H groups in total. The number of carbonyl (C=O) groups excluding carboxylic acids is 1. The molecule has 0 spiro atoms. The number of benzene rings is 1. The number of piperazine rings is 1. The van der Waals surface area contributed by atoms with Gasteiger partial charge in [-0.1, -0.05) is 18.2 Å². The van der Waals surface area contributed by atoms with Crippen molar-refractivity contribution < 1.29 is 9.18 Å². The van der Waals surface area contributed by atoms with E-state index in [0.29, 0.717) is 25.1 Å². The van der Waals surface area contributed by atoms with Gasteiger partial charge in [0.25, 0.3) is 0 Å². The molecule has 1 heterocycles. The molecule has 0 saturated carbocycles. The summed E-state index contributed by atoms with van der Waals surface area (Å²) < 4.78 is 13.4. The monoisotopic (exact) mass is 222 g/mol. The fourth-order valence-corrected chi connectivity index (χ4v) is 1.93. The number of likely N-dealkylation sites (N-methyl/N-ethyl adjacent to an activating group) is 1. The van der Waals surface area contributed by atoms with Crippen molar-refractivity contribution >= 4 is 5.91 Å². The molecule has 1 aliphatic heterocycles. The third-order valence-electron chi connectivity index (χ3n) is 2.89. The highest BCUT2D eigenvalue weighted by molar-refractivity contribution is 5.78. The number of amides is 1. The molecular formula is C12H15FN2O. The highest BCUT2D eigenvalue weighted by Gasteiger charge is 2.22. The Morgan fingerprint density at radius 3 is 2.94 bits per heavy atom. The van der Waals surface area contributed by atoms with Crippen molar-refractivity contribution in [2.24, 2.45) is 0 Å². The number of hydrogen-bond acceptors (Lipinski definition) is 2. The molecular weight excluding hydrogens is 207 g/mol. The first kappa shape index (κ1) is 11.1. The predicted molar refractivity (Wildman–Crippen MR) is 59.5 cm³/mol. The summed E-state index contributed by atoms with van der Waals surface area (Å²) >= 11 is 0. The molecule has 1 aromatic rings. The van der Waals surface area contributed by atoms with Crippen LogP contribution in [0.25, 0.3) is 0 Å². The van der Waals surface area contributed by atoms with Gasteiger partial charge >= 0.3 is 0 Å². The fraction of sp³-hybridized carbons (Fsp3) is 0.417. The number of halogens is 1. The molecule has 0 aliphatic carbocycles. The molecule has 1 aliphatic rings. The van der Waals surface area contributed by atoms with Crippen LogP contribution in [-0.2, 0) is 11.2 Å². The first-order valence-electron chi connectivity index (χ1n) is 5.37. The number of carbonyl (C=O) groups is 1. The highest BCUT2D eigenvalue weighted by atomic mass is 19.1. The Morgan fingerprint density at radius 2 is 2.25 bits per heavy atom. The molecule has 0 aromatic heterocycles. The van der Waals surface area contributed by atoms with E-state index in [1.54, 1.807) is 24.1 Å². The van der Waals surface area contributed by atoms with Crippen LogP contribution in [0.1, 0.15) is 5.56 Å². The van der Waals surface area contributed by atoms with E-state index in [1.807, 2.05) is 6.07 Å². The summed E-state index contributed by atoms with van der Waals surface area (Å²) in [7, 11) is 1.78. The molecule has 1 atom stereocenters. The van der Waals surface area contributed by atoms with E-state index in [-0.39, 0.29) is 17.8 Å². The molecule has 4 heteroatoms. The summed E-state index contributed by atoms with van der Waals surface area (Å²) in [6.07, 6.45) is 0.615. The number of rotatable bonds is 2. The molecule has 0 bridgehead atoms. The number of hydrogen-bond donors (Lipinski definition) is 1. The van der Waals surface area contributed by atoms with Gasteiger partial charge in [-0.25, -0.2) is 4.39 Å². The minimum atomic E-state index is -0.177. The lowest BCUT2D eigenvalue weighted by Crippen LogP contribution is -2.53. The normalized spacial score (nSPS) is 21.2. The van der Waals surface area contributed by atoms with E-state index in [9.17, 15) is 9.18 Å². The molecule has 0 radical (unpaired) electrons. The topological polar surface area (TPSA) is 32.3 Å². The highest BCUT2D eigenvalue weighted by Crippen LogP contribution is 2.11. The van der Waals surface area contributed by atoms with Crippen LogP contribution in [0, 0.1) is 5.82 Å². The maximum Gasteiger partial charge on any atom is 0.236 e. The zero-order chi connectivity index (χ0) is 11.5. The molecule has 1 saturated heterocycles. The van der Waals surface area contributed by atoms with E-state index in [4.69, 9.17) is 0 Å². The van der Waals surface area contributed by atoms with Gasteiger partial charge in [0.2, 0.25) is 5.91 Å². The molecule has 1 fully saturated rings. The van der Waals surface area contributed by atoms with Crippen LogP contribution < -0.4 is 5.32 Å². The van der Waals surface area contributed by atoms with Crippen LogP contribution in [0.3, 0.4) is 0 Å². The number of nitrogens with one attached hydrogen (secondary N) is 1. The Bertz CT molecular complexity index is 394. The van der Waals surface area contributed by atoms with Crippen LogP contribution in [0.2, 0.25) is 0 Å². The Hall–Kier alpha value is -1.42. The standard InChI is InChI=1S/C12H15FN2O/c1-15-8-10(14-7-12(15)16)6-9-4-2-3-5-11(9)13/h2-5,10,14H,6-8H2,1H3.